The van der Waals surface area contributed by atoms with Crippen molar-refractivity contribution in [3.63, 3.8) is 0 Å². The third-order valence-electron chi connectivity index (χ3n) is 3.66. The molecule has 1 aromatic carbocycles. The summed E-state index contributed by atoms with van der Waals surface area (Å²) >= 11 is 0. The Balaban J connectivity index is 2.23. The van der Waals surface area contributed by atoms with Gasteiger partial charge in [-0.2, -0.15) is 0 Å². The van der Waals surface area contributed by atoms with Gasteiger partial charge in [0, 0.05) is 0 Å². The van der Waals surface area contributed by atoms with E-state index in [0.717, 1.165) is 37.5 Å². The summed E-state index contributed by atoms with van der Waals surface area (Å²) in [6.45, 7) is 0. The molecule has 0 bridgehead atoms. The molecule has 0 saturated heterocycles. The number of hydrogen-bond donors (Lipinski definition) is 3. The van der Waals surface area contributed by atoms with Gasteiger partial charge in [0.05, 0.1) is 16.8 Å². The third kappa shape index (κ3) is 2.96. The maximum absolute atomic E-state index is 13.2. The molecule has 0 radical (unpaired) electrons. The molecule has 0 spiro atoms. The Labute approximate surface area is 116 Å². The number of nitrogens with one attached hydrogen (secondary N) is 1. The van der Waals surface area contributed by atoms with E-state index in [1.165, 1.54) is 0 Å². The van der Waals surface area contributed by atoms with Crippen molar-refractivity contribution >= 4 is 17.6 Å². The van der Waals surface area contributed by atoms with E-state index in [4.69, 9.17) is 10.8 Å². The average molecular weight is 280 g/mol. The second-order valence-corrected chi connectivity index (χ2v) is 5.17. The lowest BCUT2D eigenvalue weighted by Crippen LogP contribution is -2.52. The Morgan fingerprint density at radius 1 is 1.25 bits per heavy atom. The zero-order chi connectivity index (χ0) is 14.8. The van der Waals surface area contributed by atoms with Gasteiger partial charge in [0.1, 0.15) is 5.82 Å². The number of halogens is 1. The number of anilines is 1. The van der Waals surface area contributed by atoms with E-state index in [9.17, 15) is 14.0 Å². The van der Waals surface area contributed by atoms with Crippen LogP contribution in [0.15, 0.2) is 18.2 Å². The van der Waals surface area contributed by atoms with E-state index in [1.54, 1.807) is 0 Å². The summed E-state index contributed by atoms with van der Waals surface area (Å²) in [6, 6.07) is 3.16. The molecule has 1 aliphatic carbocycles. The molecule has 2 rings (SSSR count). The minimum absolute atomic E-state index is 0.0575. The highest BCUT2D eigenvalue weighted by molar-refractivity contribution is 6.03. The zero-order valence-electron chi connectivity index (χ0n) is 11.0. The fourth-order valence-corrected chi connectivity index (χ4v) is 2.46. The number of amides is 1. The summed E-state index contributed by atoms with van der Waals surface area (Å²) in [5, 5.41) is 11.5. The quantitative estimate of drug-likeness (QED) is 0.790. The summed E-state index contributed by atoms with van der Waals surface area (Å²) in [7, 11) is 0. The van der Waals surface area contributed by atoms with Crippen molar-refractivity contribution < 1.29 is 19.1 Å². The monoisotopic (exact) mass is 280 g/mol. The number of rotatable bonds is 3. The van der Waals surface area contributed by atoms with Crippen LogP contribution in [0.5, 0.6) is 0 Å². The lowest BCUT2D eigenvalue weighted by Gasteiger charge is -2.31. The molecular formula is C14H17FN2O3. The number of nitrogens with two attached hydrogens (primary N) is 1. The molecule has 0 aliphatic heterocycles. The fraction of sp³-hybridized carbons (Fsp3) is 0.429. The van der Waals surface area contributed by atoms with Crippen LogP contribution in [0.4, 0.5) is 10.1 Å². The summed E-state index contributed by atoms with van der Waals surface area (Å²) in [6.07, 6.45) is 3.86. The first-order valence-corrected chi connectivity index (χ1v) is 6.55. The summed E-state index contributed by atoms with van der Waals surface area (Å²) < 4.78 is 13.2. The van der Waals surface area contributed by atoms with E-state index in [2.05, 4.69) is 5.32 Å². The highest BCUT2D eigenvalue weighted by Gasteiger charge is 2.35. The molecule has 20 heavy (non-hydrogen) atoms. The Bertz CT molecular complexity index is 539. The molecule has 1 aromatic rings. The fourth-order valence-electron chi connectivity index (χ4n) is 2.46. The molecule has 0 atom stereocenters. The lowest BCUT2D eigenvalue weighted by atomic mass is 9.82. The first-order valence-electron chi connectivity index (χ1n) is 6.55. The summed E-state index contributed by atoms with van der Waals surface area (Å²) in [5.74, 6) is -2.29. The van der Waals surface area contributed by atoms with E-state index in [-0.39, 0.29) is 11.3 Å². The van der Waals surface area contributed by atoms with Crippen LogP contribution in [0.25, 0.3) is 0 Å². The predicted octanol–water partition coefficient (Wildman–Crippen LogP) is 2.12. The molecule has 0 unspecified atom stereocenters. The largest absolute Gasteiger partial charge is 0.478 e. The van der Waals surface area contributed by atoms with Gasteiger partial charge in [0.15, 0.2) is 0 Å². The highest BCUT2D eigenvalue weighted by atomic mass is 19.1. The highest BCUT2D eigenvalue weighted by Crippen LogP contribution is 2.28. The molecule has 5 nitrogen and oxygen atoms in total. The van der Waals surface area contributed by atoms with Crippen LogP contribution in [0.2, 0.25) is 0 Å². The molecule has 0 heterocycles. The van der Waals surface area contributed by atoms with E-state index < -0.39 is 23.2 Å². The smallest absolute Gasteiger partial charge is 0.337 e. The zero-order valence-corrected chi connectivity index (χ0v) is 11.0. The average Bonchev–Trinajstić information content (AvgIpc) is 2.39. The molecule has 1 amide bonds. The van der Waals surface area contributed by atoms with Crippen molar-refractivity contribution in [1.82, 2.24) is 0 Å². The van der Waals surface area contributed by atoms with Gasteiger partial charge in [-0.1, -0.05) is 19.3 Å². The summed E-state index contributed by atoms with van der Waals surface area (Å²) in [5.41, 5.74) is 4.85. The Kier molecular flexibility index (Phi) is 4.04. The predicted molar refractivity (Wildman–Crippen MR) is 72.0 cm³/mol. The number of carbonyl (C=O) groups is 2. The van der Waals surface area contributed by atoms with Gasteiger partial charge in [-0.3, -0.25) is 4.79 Å². The van der Waals surface area contributed by atoms with Crippen LogP contribution < -0.4 is 11.1 Å². The standard InChI is InChI=1S/C14H17FN2O3/c15-9-4-5-10(12(18)19)11(8-9)17-13(20)14(16)6-2-1-3-7-14/h4-5,8H,1-3,6-7,16H2,(H,17,20)(H,18,19). The van der Waals surface area contributed by atoms with Crippen molar-refractivity contribution in [3.8, 4) is 0 Å². The second kappa shape index (κ2) is 5.58. The van der Waals surface area contributed by atoms with E-state index in [1.807, 2.05) is 0 Å². The SMILES string of the molecule is NC1(C(=O)Nc2cc(F)ccc2C(=O)O)CCCCC1. The molecule has 4 N–H and O–H groups in total. The minimum atomic E-state index is -1.23. The molecule has 6 heteroatoms. The first kappa shape index (κ1) is 14.5. The Hall–Kier alpha value is -1.95. The van der Waals surface area contributed by atoms with Crippen LogP contribution in [-0.2, 0) is 4.79 Å². The molecule has 108 valence electrons. The third-order valence-corrected chi connectivity index (χ3v) is 3.66. The molecular weight excluding hydrogens is 263 g/mol. The molecule has 1 saturated carbocycles. The Morgan fingerprint density at radius 3 is 2.50 bits per heavy atom. The van der Waals surface area contributed by atoms with Gasteiger partial charge in [0.2, 0.25) is 5.91 Å². The number of carboxylic acids is 1. The second-order valence-electron chi connectivity index (χ2n) is 5.17. The van der Waals surface area contributed by atoms with Crippen molar-refractivity contribution in [2.45, 2.75) is 37.6 Å². The number of benzene rings is 1. The van der Waals surface area contributed by atoms with Crippen LogP contribution in [0, 0.1) is 5.82 Å². The molecule has 1 aliphatic rings. The normalized spacial score (nSPS) is 17.5. The number of carboxylic acid groups (broad SMARTS) is 1. The van der Waals surface area contributed by atoms with Crippen molar-refractivity contribution in [2.24, 2.45) is 5.73 Å². The van der Waals surface area contributed by atoms with Gasteiger partial charge in [0.25, 0.3) is 0 Å². The van der Waals surface area contributed by atoms with Crippen molar-refractivity contribution in [2.75, 3.05) is 5.32 Å². The van der Waals surface area contributed by atoms with Crippen LogP contribution >= 0.6 is 0 Å². The van der Waals surface area contributed by atoms with Gasteiger partial charge >= 0.3 is 5.97 Å². The van der Waals surface area contributed by atoms with Crippen molar-refractivity contribution in [3.05, 3.63) is 29.6 Å². The van der Waals surface area contributed by atoms with Crippen molar-refractivity contribution in [1.29, 1.82) is 0 Å². The van der Waals surface area contributed by atoms with Crippen LogP contribution in [0.3, 0.4) is 0 Å². The maximum atomic E-state index is 13.2. The lowest BCUT2D eigenvalue weighted by molar-refractivity contribution is -0.122. The summed E-state index contributed by atoms with van der Waals surface area (Å²) in [4.78, 5) is 23.3. The van der Waals surface area contributed by atoms with Gasteiger partial charge < -0.3 is 16.2 Å². The molecule has 1 fully saturated rings. The first-order chi connectivity index (χ1) is 9.42. The van der Waals surface area contributed by atoms with Crippen LogP contribution in [0.1, 0.15) is 42.5 Å². The van der Waals surface area contributed by atoms with E-state index in [0.29, 0.717) is 12.8 Å². The van der Waals surface area contributed by atoms with Gasteiger partial charge in [-0.25, -0.2) is 9.18 Å². The number of carbonyl (C=O) groups excluding carboxylic acids is 1. The maximum Gasteiger partial charge on any atom is 0.337 e. The van der Waals surface area contributed by atoms with Gasteiger partial charge in [-0.05, 0) is 31.0 Å². The van der Waals surface area contributed by atoms with Crippen LogP contribution in [-0.4, -0.2) is 22.5 Å². The minimum Gasteiger partial charge on any atom is -0.478 e. The number of hydrogen-bond acceptors (Lipinski definition) is 3. The van der Waals surface area contributed by atoms with Gasteiger partial charge in [-0.15, -0.1) is 0 Å². The Morgan fingerprint density at radius 2 is 1.90 bits per heavy atom. The topological polar surface area (TPSA) is 92.4 Å². The molecule has 0 aromatic heterocycles. The van der Waals surface area contributed by atoms with E-state index >= 15 is 0 Å². The number of aromatic carboxylic acids is 1.